The van der Waals surface area contributed by atoms with Gasteiger partial charge in [0.25, 0.3) is 0 Å². The van der Waals surface area contributed by atoms with Crippen molar-refractivity contribution in [3.8, 4) is 22.8 Å². The molecule has 0 amide bonds. The molecule has 0 aliphatic heterocycles. The highest BCUT2D eigenvalue weighted by Crippen LogP contribution is 2.36. The lowest BCUT2D eigenvalue weighted by Gasteiger charge is -2.14. The van der Waals surface area contributed by atoms with Crippen LogP contribution in [0.2, 0.25) is 0 Å². The van der Waals surface area contributed by atoms with E-state index in [2.05, 4.69) is 35.3 Å². The molecule has 1 heterocycles. The molecule has 2 N–H and O–H groups in total. The molecule has 0 radical (unpaired) electrons. The summed E-state index contributed by atoms with van der Waals surface area (Å²) in [4.78, 5) is 0. The standard InChI is InChI=1S/C22H21N3OS/c1-3-7-16-14(2)12-13-18(20(16)26)21-23-24-22(27)25(21)19-11-6-9-15-8-4-5-10-17(15)19/h4-6,8-13,26H,3,7H2,1-2H3,(H,24,27). The largest absolute Gasteiger partial charge is 0.507 e. The smallest absolute Gasteiger partial charge is 0.200 e. The number of benzene rings is 3. The Morgan fingerprint density at radius 3 is 2.67 bits per heavy atom. The van der Waals surface area contributed by atoms with Crippen molar-refractivity contribution in [1.29, 1.82) is 0 Å². The topological polar surface area (TPSA) is 53.8 Å². The third kappa shape index (κ3) is 2.94. The van der Waals surface area contributed by atoms with Crippen molar-refractivity contribution in [2.45, 2.75) is 26.7 Å². The summed E-state index contributed by atoms with van der Waals surface area (Å²) in [6, 6.07) is 18.2. The SMILES string of the molecule is CCCc1c(C)ccc(-c2n[nH]c(=S)n2-c2cccc3ccccc23)c1O. The molecule has 0 fully saturated rings. The maximum absolute atomic E-state index is 10.9. The lowest BCUT2D eigenvalue weighted by Crippen LogP contribution is -2.00. The van der Waals surface area contributed by atoms with Gasteiger partial charge in [-0.3, -0.25) is 9.67 Å². The number of hydrogen-bond acceptors (Lipinski definition) is 3. The van der Waals surface area contributed by atoms with Crippen LogP contribution in [0.25, 0.3) is 27.8 Å². The Morgan fingerprint density at radius 2 is 1.85 bits per heavy atom. The lowest BCUT2D eigenvalue weighted by atomic mass is 9.99. The fraction of sp³-hybridized carbons (Fsp3) is 0.182. The molecule has 27 heavy (non-hydrogen) atoms. The third-order valence-electron chi connectivity index (χ3n) is 4.94. The van der Waals surface area contributed by atoms with Crippen molar-refractivity contribution in [2.75, 3.05) is 0 Å². The monoisotopic (exact) mass is 375 g/mol. The molecular weight excluding hydrogens is 354 g/mol. The van der Waals surface area contributed by atoms with Crippen LogP contribution in [-0.2, 0) is 6.42 Å². The fourth-order valence-electron chi connectivity index (χ4n) is 3.59. The second kappa shape index (κ2) is 7.00. The lowest BCUT2D eigenvalue weighted by molar-refractivity contribution is 0.468. The predicted octanol–water partition coefficient (Wildman–Crippen LogP) is 5.72. The number of rotatable bonds is 4. The number of hydrogen-bond donors (Lipinski definition) is 2. The molecule has 4 rings (SSSR count). The molecule has 0 aliphatic rings. The Hall–Kier alpha value is -2.92. The van der Waals surface area contributed by atoms with Gasteiger partial charge in [0, 0.05) is 5.39 Å². The van der Waals surface area contributed by atoms with Crippen molar-refractivity contribution in [3.05, 3.63) is 70.5 Å². The van der Waals surface area contributed by atoms with Crippen molar-refractivity contribution in [1.82, 2.24) is 14.8 Å². The number of H-pyrrole nitrogens is 1. The number of nitrogens with zero attached hydrogens (tertiary/aromatic N) is 2. The maximum atomic E-state index is 10.9. The summed E-state index contributed by atoms with van der Waals surface area (Å²) in [7, 11) is 0. The number of phenolic OH excluding ortho intramolecular Hbond substituents is 1. The summed E-state index contributed by atoms with van der Waals surface area (Å²) in [5.74, 6) is 0.901. The molecule has 0 saturated heterocycles. The van der Waals surface area contributed by atoms with E-state index in [-0.39, 0.29) is 5.75 Å². The molecule has 0 unspecified atom stereocenters. The number of aromatic hydroxyl groups is 1. The molecule has 0 aliphatic carbocycles. The highest BCUT2D eigenvalue weighted by Gasteiger charge is 2.18. The Bertz CT molecular complexity index is 1180. The Kier molecular flexibility index (Phi) is 4.54. The van der Waals surface area contributed by atoms with Crippen molar-refractivity contribution in [3.63, 3.8) is 0 Å². The summed E-state index contributed by atoms with van der Waals surface area (Å²) >= 11 is 5.53. The number of fused-ring (bicyclic) bond motifs is 1. The van der Waals surface area contributed by atoms with E-state index in [4.69, 9.17) is 12.2 Å². The first kappa shape index (κ1) is 17.5. The quantitative estimate of drug-likeness (QED) is 0.449. The first-order valence-electron chi connectivity index (χ1n) is 9.09. The Balaban J connectivity index is 1.99. The minimum absolute atomic E-state index is 0.285. The van der Waals surface area contributed by atoms with Gasteiger partial charge in [-0.15, -0.1) is 0 Å². The fourth-order valence-corrected chi connectivity index (χ4v) is 3.82. The molecule has 0 bridgehead atoms. The van der Waals surface area contributed by atoms with Crippen LogP contribution in [0, 0.1) is 11.7 Å². The minimum Gasteiger partial charge on any atom is -0.507 e. The normalized spacial score (nSPS) is 11.2. The van der Waals surface area contributed by atoms with Gasteiger partial charge in [0.2, 0.25) is 0 Å². The molecule has 0 atom stereocenters. The number of nitrogens with one attached hydrogen (secondary N) is 1. The van der Waals surface area contributed by atoms with Crippen LogP contribution in [0.1, 0.15) is 24.5 Å². The second-order valence-electron chi connectivity index (χ2n) is 6.69. The molecule has 0 saturated carbocycles. The summed E-state index contributed by atoms with van der Waals surface area (Å²) < 4.78 is 2.40. The first-order valence-corrected chi connectivity index (χ1v) is 9.50. The van der Waals surface area contributed by atoms with Gasteiger partial charge in [-0.05, 0) is 54.2 Å². The van der Waals surface area contributed by atoms with Gasteiger partial charge >= 0.3 is 0 Å². The second-order valence-corrected chi connectivity index (χ2v) is 7.08. The van der Waals surface area contributed by atoms with Gasteiger partial charge in [0.05, 0.1) is 11.3 Å². The third-order valence-corrected chi connectivity index (χ3v) is 5.21. The van der Waals surface area contributed by atoms with E-state index in [9.17, 15) is 5.11 Å². The highest BCUT2D eigenvalue weighted by molar-refractivity contribution is 7.71. The Labute approximate surface area is 163 Å². The van der Waals surface area contributed by atoms with Crippen molar-refractivity contribution in [2.24, 2.45) is 0 Å². The summed E-state index contributed by atoms with van der Waals surface area (Å²) in [6.07, 6.45) is 1.79. The zero-order valence-electron chi connectivity index (χ0n) is 15.4. The van der Waals surface area contributed by atoms with Crippen LogP contribution in [0.15, 0.2) is 54.6 Å². The molecule has 0 spiro atoms. The molecule has 136 valence electrons. The van der Waals surface area contributed by atoms with Crippen LogP contribution >= 0.6 is 12.2 Å². The summed E-state index contributed by atoms with van der Waals surface area (Å²) in [6.45, 7) is 4.13. The van der Waals surface area contributed by atoms with Crippen LogP contribution in [0.3, 0.4) is 0 Å². The minimum atomic E-state index is 0.285. The van der Waals surface area contributed by atoms with Crippen LogP contribution in [0.5, 0.6) is 5.75 Å². The maximum Gasteiger partial charge on any atom is 0.200 e. The van der Waals surface area contributed by atoms with E-state index in [0.717, 1.165) is 40.4 Å². The van der Waals surface area contributed by atoms with Gasteiger partial charge in [0.1, 0.15) is 5.75 Å². The summed E-state index contributed by atoms with van der Waals surface area (Å²) in [5, 5.41) is 20.5. The van der Waals surface area contributed by atoms with E-state index >= 15 is 0 Å². The van der Waals surface area contributed by atoms with Gasteiger partial charge in [-0.2, -0.15) is 5.10 Å². The molecule has 4 aromatic rings. The van der Waals surface area contributed by atoms with Crippen LogP contribution in [-0.4, -0.2) is 19.9 Å². The zero-order valence-corrected chi connectivity index (χ0v) is 16.2. The van der Waals surface area contributed by atoms with E-state index in [0.29, 0.717) is 16.2 Å². The number of aromatic amines is 1. The van der Waals surface area contributed by atoms with E-state index in [1.807, 2.05) is 47.9 Å². The van der Waals surface area contributed by atoms with Gasteiger partial charge in [-0.1, -0.05) is 55.8 Å². The van der Waals surface area contributed by atoms with Crippen LogP contribution in [0.4, 0.5) is 0 Å². The molecule has 3 aromatic carbocycles. The van der Waals surface area contributed by atoms with E-state index in [1.54, 1.807) is 0 Å². The number of phenols is 1. The highest BCUT2D eigenvalue weighted by atomic mass is 32.1. The molecule has 5 heteroatoms. The van der Waals surface area contributed by atoms with Gasteiger partial charge in [-0.25, -0.2) is 0 Å². The Morgan fingerprint density at radius 1 is 1.07 bits per heavy atom. The number of aromatic nitrogens is 3. The van der Waals surface area contributed by atoms with E-state index < -0.39 is 0 Å². The zero-order chi connectivity index (χ0) is 19.0. The average Bonchev–Trinajstić information content (AvgIpc) is 3.06. The van der Waals surface area contributed by atoms with Gasteiger partial charge in [0.15, 0.2) is 10.6 Å². The van der Waals surface area contributed by atoms with Crippen molar-refractivity contribution < 1.29 is 5.11 Å². The van der Waals surface area contributed by atoms with Gasteiger partial charge < -0.3 is 5.11 Å². The molecular formula is C22H21N3OS. The summed E-state index contributed by atoms with van der Waals surface area (Å²) in [5.41, 5.74) is 3.68. The molecule has 1 aromatic heterocycles. The van der Waals surface area contributed by atoms with E-state index in [1.165, 1.54) is 0 Å². The van der Waals surface area contributed by atoms with Crippen molar-refractivity contribution >= 4 is 23.0 Å². The average molecular weight is 375 g/mol. The molecule has 4 nitrogen and oxygen atoms in total. The van der Waals surface area contributed by atoms with Crippen LogP contribution < -0.4 is 0 Å². The number of aryl methyl sites for hydroxylation is 1. The predicted molar refractivity (Wildman–Crippen MR) is 112 cm³/mol. The first-order chi connectivity index (χ1) is 13.1.